The summed E-state index contributed by atoms with van der Waals surface area (Å²) in [5, 5.41) is 11.8. The number of quaternary nitrogens is 1. The first-order valence-corrected chi connectivity index (χ1v) is 4.60. The Kier molecular flexibility index (Phi) is 1.75. The molecule has 0 spiro atoms. The molecule has 1 aliphatic heterocycles. The van der Waals surface area contributed by atoms with Crippen LogP contribution in [0.4, 0.5) is 5.13 Å². The molecule has 2 rings (SSSR count). The average molecular weight is 171 g/mol. The fourth-order valence-corrected chi connectivity index (χ4v) is 2.14. The Bertz CT molecular complexity index is 240. The molecule has 1 saturated heterocycles. The number of aromatic nitrogens is 2. The third-order valence-corrected chi connectivity index (χ3v) is 2.83. The van der Waals surface area contributed by atoms with Gasteiger partial charge in [0.2, 0.25) is 5.13 Å². The third kappa shape index (κ3) is 1.34. The maximum atomic E-state index is 5.48. The SMILES string of the molecule is Nc1nnc([C@H]2CCC[NH2+]2)s1. The van der Waals surface area contributed by atoms with E-state index in [-0.39, 0.29) is 0 Å². The Hall–Kier alpha value is -0.680. The van der Waals surface area contributed by atoms with Gasteiger partial charge in [0.15, 0.2) is 5.01 Å². The minimum absolute atomic E-state index is 0.532. The summed E-state index contributed by atoms with van der Waals surface area (Å²) in [6, 6.07) is 0.532. The second-order valence-corrected chi connectivity index (χ2v) is 3.79. The van der Waals surface area contributed by atoms with Gasteiger partial charge < -0.3 is 11.1 Å². The molecule has 60 valence electrons. The van der Waals surface area contributed by atoms with Crippen LogP contribution in [0.5, 0.6) is 0 Å². The van der Waals surface area contributed by atoms with Crippen molar-refractivity contribution in [3.05, 3.63) is 5.01 Å². The average Bonchev–Trinajstić information content (AvgIpc) is 2.55. The van der Waals surface area contributed by atoms with Crippen molar-refractivity contribution in [2.45, 2.75) is 18.9 Å². The van der Waals surface area contributed by atoms with Gasteiger partial charge in [-0.15, -0.1) is 10.2 Å². The number of nitrogen functional groups attached to an aromatic ring is 1. The van der Waals surface area contributed by atoms with Crippen LogP contribution in [-0.2, 0) is 0 Å². The van der Waals surface area contributed by atoms with E-state index < -0.39 is 0 Å². The molecule has 4 N–H and O–H groups in total. The summed E-state index contributed by atoms with van der Waals surface area (Å²) in [7, 11) is 0. The second kappa shape index (κ2) is 2.75. The predicted molar refractivity (Wildman–Crippen MR) is 43.1 cm³/mol. The summed E-state index contributed by atoms with van der Waals surface area (Å²) in [6.07, 6.45) is 2.50. The Morgan fingerprint density at radius 2 is 2.45 bits per heavy atom. The van der Waals surface area contributed by atoms with E-state index in [1.807, 2.05) is 0 Å². The largest absolute Gasteiger partial charge is 0.374 e. The maximum Gasteiger partial charge on any atom is 0.203 e. The predicted octanol–water partition coefficient (Wildman–Crippen LogP) is -0.481. The van der Waals surface area contributed by atoms with Gasteiger partial charge in [0, 0.05) is 12.8 Å². The van der Waals surface area contributed by atoms with E-state index in [0.717, 1.165) is 5.01 Å². The van der Waals surface area contributed by atoms with Crippen molar-refractivity contribution in [1.82, 2.24) is 10.2 Å². The number of hydrogen-bond acceptors (Lipinski definition) is 4. The van der Waals surface area contributed by atoms with Crippen molar-refractivity contribution in [2.75, 3.05) is 12.3 Å². The molecule has 2 heterocycles. The van der Waals surface area contributed by atoms with Crippen molar-refractivity contribution >= 4 is 16.5 Å². The van der Waals surface area contributed by atoms with Crippen LogP contribution in [0.3, 0.4) is 0 Å². The fraction of sp³-hybridized carbons (Fsp3) is 0.667. The normalized spacial score (nSPS) is 24.2. The van der Waals surface area contributed by atoms with E-state index in [0.29, 0.717) is 11.2 Å². The van der Waals surface area contributed by atoms with Gasteiger partial charge in [0.25, 0.3) is 0 Å². The highest BCUT2D eigenvalue weighted by molar-refractivity contribution is 7.15. The van der Waals surface area contributed by atoms with Crippen molar-refractivity contribution in [3.63, 3.8) is 0 Å². The van der Waals surface area contributed by atoms with E-state index in [1.165, 1.54) is 30.7 Å². The Labute approximate surface area is 68.8 Å². The lowest BCUT2D eigenvalue weighted by molar-refractivity contribution is -0.676. The van der Waals surface area contributed by atoms with Crippen LogP contribution in [0.1, 0.15) is 23.9 Å². The zero-order valence-corrected chi connectivity index (χ0v) is 6.97. The van der Waals surface area contributed by atoms with Gasteiger partial charge in [0.05, 0.1) is 6.54 Å². The van der Waals surface area contributed by atoms with Crippen LogP contribution in [0, 0.1) is 0 Å². The number of hydrogen-bond donors (Lipinski definition) is 2. The molecule has 4 nitrogen and oxygen atoms in total. The highest BCUT2D eigenvalue weighted by Crippen LogP contribution is 2.21. The maximum absolute atomic E-state index is 5.48. The lowest BCUT2D eigenvalue weighted by Gasteiger charge is -1.98. The smallest absolute Gasteiger partial charge is 0.203 e. The van der Waals surface area contributed by atoms with E-state index in [4.69, 9.17) is 5.73 Å². The molecule has 1 aliphatic rings. The van der Waals surface area contributed by atoms with Gasteiger partial charge >= 0.3 is 0 Å². The summed E-state index contributed by atoms with van der Waals surface area (Å²) in [5.41, 5.74) is 5.48. The molecule has 0 aromatic carbocycles. The molecule has 1 aromatic heterocycles. The third-order valence-electron chi connectivity index (χ3n) is 1.94. The summed E-state index contributed by atoms with van der Waals surface area (Å²) < 4.78 is 0. The topological polar surface area (TPSA) is 68.4 Å². The minimum Gasteiger partial charge on any atom is -0.374 e. The monoisotopic (exact) mass is 171 g/mol. The summed E-state index contributed by atoms with van der Waals surface area (Å²) in [5.74, 6) is 0. The van der Waals surface area contributed by atoms with Crippen LogP contribution < -0.4 is 11.1 Å². The van der Waals surface area contributed by atoms with E-state index in [9.17, 15) is 0 Å². The van der Waals surface area contributed by atoms with Crippen LogP contribution in [0.15, 0.2) is 0 Å². The van der Waals surface area contributed by atoms with E-state index in [2.05, 4.69) is 15.5 Å². The van der Waals surface area contributed by atoms with Gasteiger partial charge in [-0.2, -0.15) is 0 Å². The summed E-state index contributed by atoms with van der Waals surface area (Å²) >= 11 is 1.51. The van der Waals surface area contributed by atoms with Crippen molar-refractivity contribution in [2.24, 2.45) is 0 Å². The quantitative estimate of drug-likeness (QED) is 0.599. The summed E-state index contributed by atoms with van der Waals surface area (Å²) in [6.45, 7) is 1.21. The molecule has 0 bridgehead atoms. The van der Waals surface area contributed by atoms with E-state index in [1.54, 1.807) is 0 Å². The molecule has 1 fully saturated rings. The van der Waals surface area contributed by atoms with Gasteiger partial charge in [-0.05, 0) is 0 Å². The molecule has 0 unspecified atom stereocenters. The van der Waals surface area contributed by atoms with Gasteiger partial charge in [0.1, 0.15) is 6.04 Å². The molecule has 1 atom stereocenters. The molecule has 0 aliphatic carbocycles. The number of nitrogens with zero attached hydrogens (tertiary/aromatic N) is 2. The lowest BCUT2D eigenvalue weighted by atomic mass is 10.2. The summed E-state index contributed by atoms with van der Waals surface area (Å²) in [4.78, 5) is 0. The van der Waals surface area contributed by atoms with Gasteiger partial charge in [-0.3, -0.25) is 0 Å². The first-order chi connectivity index (χ1) is 5.36. The molecule has 11 heavy (non-hydrogen) atoms. The van der Waals surface area contributed by atoms with Crippen molar-refractivity contribution in [3.8, 4) is 0 Å². The molecule has 0 amide bonds. The Morgan fingerprint density at radius 1 is 1.55 bits per heavy atom. The van der Waals surface area contributed by atoms with Crippen LogP contribution in [-0.4, -0.2) is 16.7 Å². The molecule has 1 aromatic rings. The first-order valence-electron chi connectivity index (χ1n) is 3.78. The van der Waals surface area contributed by atoms with Crippen molar-refractivity contribution < 1.29 is 5.32 Å². The Morgan fingerprint density at radius 3 is 3.00 bits per heavy atom. The fourth-order valence-electron chi connectivity index (χ4n) is 1.40. The molecule has 5 heteroatoms. The zero-order valence-electron chi connectivity index (χ0n) is 6.16. The van der Waals surface area contributed by atoms with Gasteiger partial charge in [-0.25, -0.2) is 0 Å². The first kappa shape index (κ1) is 7.00. The minimum atomic E-state index is 0.532. The standard InChI is InChI=1S/C6H10N4S/c7-6-10-9-5(11-6)4-2-1-3-8-4/h4,8H,1-3H2,(H2,7,10)/p+1/t4-/m1/s1. The molecule has 0 saturated carbocycles. The van der Waals surface area contributed by atoms with Gasteiger partial charge in [-0.1, -0.05) is 11.3 Å². The number of rotatable bonds is 1. The molecular formula is C6H11N4S+. The molecular weight excluding hydrogens is 160 g/mol. The van der Waals surface area contributed by atoms with Crippen molar-refractivity contribution in [1.29, 1.82) is 0 Å². The molecule has 0 radical (unpaired) electrons. The number of nitrogens with two attached hydrogens (primary N) is 2. The Balaban J connectivity index is 2.15. The van der Waals surface area contributed by atoms with Crippen LogP contribution >= 0.6 is 11.3 Å². The highest BCUT2D eigenvalue weighted by atomic mass is 32.1. The zero-order chi connectivity index (χ0) is 7.68. The lowest BCUT2D eigenvalue weighted by Crippen LogP contribution is -2.81. The van der Waals surface area contributed by atoms with Crippen LogP contribution in [0.25, 0.3) is 0 Å². The number of anilines is 1. The van der Waals surface area contributed by atoms with E-state index >= 15 is 0 Å². The second-order valence-electron chi connectivity index (χ2n) is 2.75. The highest BCUT2D eigenvalue weighted by Gasteiger charge is 2.23. The van der Waals surface area contributed by atoms with Crippen LogP contribution in [0.2, 0.25) is 0 Å².